The quantitative estimate of drug-likeness (QED) is 0.683. The zero-order chi connectivity index (χ0) is 9.42. The number of ether oxygens (including phenoxy) is 1. The van der Waals surface area contributed by atoms with E-state index in [1.54, 1.807) is 6.92 Å². The molecule has 5 heteroatoms. The third kappa shape index (κ3) is 1.21. The zero-order valence-corrected chi connectivity index (χ0v) is 7.28. The molecule has 0 saturated carbocycles. The topological polar surface area (TPSA) is 64.3 Å². The van der Waals surface area contributed by atoms with Crippen LogP contribution in [0.5, 0.6) is 0 Å². The molecule has 0 fully saturated rings. The summed E-state index contributed by atoms with van der Waals surface area (Å²) < 4.78 is 7.07. The molecule has 1 aliphatic rings. The van der Waals surface area contributed by atoms with Crippen molar-refractivity contribution in [2.75, 3.05) is 6.61 Å². The number of rotatable bonds is 1. The van der Waals surface area contributed by atoms with E-state index < -0.39 is 5.97 Å². The maximum Gasteiger partial charge on any atom is 0.356 e. The minimum atomic E-state index is -0.984. The second-order valence-corrected chi connectivity index (χ2v) is 2.96. The number of imidazole rings is 1. The Bertz CT molecular complexity index is 357. The molecular weight excluding hydrogens is 172 g/mol. The predicted octanol–water partition coefficient (Wildman–Crippen LogP) is 0.420. The average molecular weight is 182 g/mol. The molecule has 0 amide bonds. The number of aryl methyl sites for hydroxylation is 1. The van der Waals surface area contributed by atoms with E-state index in [0.29, 0.717) is 25.5 Å². The van der Waals surface area contributed by atoms with Gasteiger partial charge in [-0.2, -0.15) is 0 Å². The third-order valence-corrected chi connectivity index (χ3v) is 2.16. The van der Waals surface area contributed by atoms with E-state index in [0.717, 1.165) is 5.82 Å². The van der Waals surface area contributed by atoms with Crippen molar-refractivity contribution in [1.29, 1.82) is 0 Å². The van der Waals surface area contributed by atoms with Crippen molar-refractivity contribution in [3.8, 4) is 0 Å². The van der Waals surface area contributed by atoms with Crippen LogP contribution < -0.4 is 0 Å². The van der Waals surface area contributed by atoms with Gasteiger partial charge in [0.25, 0.3) is 0 Å². The minimum absolute atomic E-state index is 0.122. The first-order chi connectivity index (χ1) is 6.20. The van der Waals surface area contributed by atoms with Crippen LogP contribution in [0.25, 0.3) is 0 Å². The maximum absolute atomic E-state index is 10.8. The smallest absolute Gasteiger partial charge is 0.356 e. The molecule has 0 spiro atoms. The monoisotopic (exact) mass is 182 g/mol. The highest BCUT2D eigenvalue weighted by Gasteiger charge is 2.22. The van der Waals surface area contributed by atoms with Crippen LogP contribution in [0.3, 0.4) is 0 Å². The van der Waals surface area contributed by atoms with Gasteiger partial charge in [-0.15, -0.1) is 0 Å². The molecule has 1 aliphatic heterocycles. The van der Waals surface area contributed by atoms with Crippen molar-refractivity contribution in [3.05, 3.63) is 17.2 Å². The van der Waals surface area contributed by atoms with Crippen LogP contribution >= 0.6 is 0 Å². The van der Waals surface area contributed by atoms with E-state index in [1.807, 2.05) is 4.57 Å². The van der Waals surface area contributed by atoms with Gasteiger partial charge >= 0.3 is 5.97 Å². The van der Waals surface area contributed by atoms with Gasteiger partial charge in [0.1, 0.15) is 5.82 Å². The molecule has 0 radical (unpaired) electrons. The van der Waals surface area contributed by atoms with Gasteiger partial charge in [-0.3, -0.25) is 0 Å². The minimum Gasteiger partial charge on any atom is -0.476 e. The number of aromatic nitrogens is 2. The molecule has 0 bridgehead atoms. The molecule has 1 N–H and O–H groups in total. The molecule has 0 unspecified atom stereocenters. The summed E-state index contributed by atoms with van der Waals surface area (Å²) >= 11 is 0. The van der Waals surface area contributed by atoms with Crippen LogP contribution in [-0.4, -0.2) is 27.2 Å². The summed E-state index contributed by atoms with van der Waals surface area (Å²) in [6.07, 6.45) is 0. The van der Waals surface area contributed by atoms with Gasteiger partial charge in [0.05, 0.1) is 18.9 Å². The van der Waals surface area contributed by atoms with E-state index in [4.69, 9.17) is 9.84 Å². The molecule has 13 heavy (non-hydrogen) atoms. The first kappa shape index (κ1) is 8.25. The Balaban J connectivity index is 2.53. The summed E-state index contributed by atoms with van der Waals surface area (Å²) in [7, 11) is 0. The molecule has 1 aromatic rings. The van der Waals surface area contributed by atoms with Crippen molar-refractivity contribution in [2.45, 2.75) is 20.1 Å². The lowest BCUT2D eigenvalue weighted by atomic mass is 10.3. The van der Waals surface area contributed by atoms with Crippen LogP contribution in [0, 0.1) is 6.92 Å². The van der Waals surface area contributed by atoms with Crippen molar-refractivity contribution in [2.24, 2.45) is 0 Å². The number of carboxylic acid groups (broad SMARTS) is 1. The summed E-state index contributed by atoms with van der Waals surface area (Å²) in [6, 6.07) is 0. The van der Waals surface area contributed by atoms with Crippen LogP contribution in [0.1, 0.15) is 22.0 Å². The number of nitrogens with zero attached hydrogens (tertiary/aromatic N) is 2. The molecule has 0 saturated heterocycles. The largest absolute Gasteiger partial charge is 0.476 e. The lowest BCUT2D eigenvalue weighted by molar-refractivity contribution is 0.0656. The Kier molecular flexibility index (Phi) is 1.81. The first-order valence-electron chi connectivity index (χ1n) is 4.07. The zero-order valence-electron chi connectivity index (χ0n) is 7.28. The molecule has 1 aromatic heterocycles. The number of fused-ring (bicyclic) bond motifs is 1. The highest BCUT2D eigenvalue weighted by Crippen LogP contribution is 2.16. The van der Waals surface area contributed by atoms with Crippen molar-refractivity contribution in [3.63, 3.8) is 0 Å². The number of hydrogen-bond donors (Lipinski definition) is 1. The Morgan fingerprint density at radius 3 is 3.15 bits per heavy atom. The van der Waals surface area contributed by atoms with Gasteiger partial charge in [-0.1, -0.05) is 0 Å². The first-order valence-corrected chi connectivity index (χ1v) is 4.07. The molecule has 2 rings (SSSR count). The molecule has 70 valence electrons. The van der Waals surface area contributed by atoms with Crippen molar-refractivity contribution in [1.82, 2.24) is 9.55 Å². The molecule has 2 heterocycles. The third-order valence-electron chi connectivity index (χ3n) is 2.16. The molecular formula is C8H10N2O3. The van der Waals surface area contributed by atoms with E-state index >= 15 is 0 Å². The maximum atomic E-state index is 10.8. The Labute approximate surface area is 75.0 Å². The summed E-state index contributed by atoms with van der Waals surface area (Å²) in [5.74, 6) is -0.238. The predicted molar refractivity (Wildman–Crippen MR) is 43.6 cm³/mol. The van der Waals surface area contributed by atoms with Gasteiger partial charge < -0.3 is 14.4 Å². The van der Waals surface area contributed by atoms with Gasteiger partial charge in [0.2, 0.25) is 0 Å². The average Bonchev–Trinajstić information content (AvgIpc) is 2.45. The molecule has 0 aromatic carbocycles. The lowest BCUT2D eigenvalue weighted by Gasteiger charge is -2.16. The summed E-state index contributed by atoms with van der Waals surface area (Å²) in [6.45, 7) is 3.48. The SMILES string of the molecule is Cc1nc(C(=O)O)c2n1CCOC2. The second-order valence-electron chi connectivity index (χ2n) is 2.96. The van der Waals surface area contributed by atoms with Crippen molar-refractivity contribution >= 4 is 5.97 Å². The van der Waals surface area contributed by atoms with Crippen LogP contribution in [0.15, 0.2) is 0 Å². The lowest BCUT2D eigenvalue weighted by Crippen LogP contribution is -2.18. The fourth-order valence-corrected chi connectivity index (χ4v) is 1.55. The number of aromatic carboxylic acids is 1. The fourth-order valence-electron chi connectivity index (χ4n) is 1.55. The number of hydrogen-bond acceptors (Lipinski definition) is 3. The standard InChI is InChI=1S/C8H10N2O3/c1-5-9-7(8(11)12)6-4-13-3-2-10(5)6/h2-4H2,1H3,(H,11,12). The van der Waals surface area contributed by atoms with E-state index in [-0.39, 0.29) is 5.69 Å². The summed E-state index contributed by atoms with van der Waals surface area (Å²) in [5.41, 5.74) is 0.799. The highest BCUT2D eigenvalue weighted by atomic mass is 16.5. The van der Waals surface area contributed by atoms with Crippen LogP contribution in [0.2, 0.25) is 0 Å². The van der Waals surface area contributed by atoms with Gasteiger partial charge in [-0.25, -0.2) is 9.78 Å². The van der Waals surface area contributed by atoms with Gasteiger partial charge in [0, 0.05) is 6.54 Å². The van der Waals surface area contributed by atoms with Crippen LogP contribution in [-0.2, 0) is 17.9 Å². The van der Waals surface area contributed by atoms with Gasteiger partial charge in [0.15, 0.2) is 5.69 Å². The van der Waals surface area contributed by atoms with Gasteiger partial charge in [-0.05, 0) is 6.92 Å². The van der Waals surface area contributed by atoms with Crippen LogP contribution in [0.4, 0.5) is 0 Å². The highest BCUT2D eigenvalue weighted by molar-refractivity contribution is 5.86. The molecule has 0 aliphatic carbocycles. The van der Waals surface area contributed by atoms with E-state index in [2.05, 4.69) is 4.98 Å². The summed E-state index contributed by atoms with van der Waals surface area (Å²) in [4.78, 5) is 14.7. The second kappa shape index (κ2) is 2.85. The normalized spacial score (nSPS) is 15.5. The number of carboxylic acids is 1. The van der Waals surface area contributed by atoms with Crippen molar-refractivity contribution < 1.29 is 14.6 Å². The Hall–Kier alpha value is -1.36. The Morgan fingerprint density at radius 1 is 1.69 bits per heavy atom. The molecule has 5 nitrogen and oxygen atoms in total. The molecule has 0 atom stereocenters. The van der Waals surface area contributed by atoms with E-state index in [9.17, 15) is 4.79 Å². The Morgan fingerprint density at radius 2 is 2.46 bits per heavy atom. The fraction of sp³-hybridized carbons (Fsp3) is 0.500. The van der Waals surface area contributed by atoms with E-state index in [1.165, 1.54) is 0 Å². The summed E-state index contributed by atoms with van der Waals surface area (Å²) in [5, 5.41) is 8.82. The number of carbonyl (C=O) groups is 1.